The summed E-state index contributed by atoms with van der Waals surface area (Å²) in [4.78, 5) is 33.9. The summed E-state index contributed by atoms with van der Waals surface area (Å²) in [5.74, 6) is -1.14. The van der Waals surface area contributed by atoms with Gasteiger partial charge in [0, 0.05) is 11.3 Å². The maximum atomic E-state index is 13.9. The summed E-state index contributed by atoms with van der Waals surface area (Å²) >= 11 is 1.27. The third-order valence-electron chi connectivity index (χ3n) is 6.43. The largest absolute Gasteiger partial charge is 0.503 e. The first-order chi connectivity index (χ1) is 17.4. The summed E-state index contributed by atoms with van der Waals surface area (Å²) in [6.45, 7) is 5.99. The second kappa shape index (κ2) is 9.55. The quantitative estimate of drug-likeness (QED) is 0.292. The van der Waals surface area contributed by atoms with E-state index in [1.165, 1.54) is 16.2 Å². The Morgan fingerprint density at radius 3 is 2.17 bits per heavy atom. The molecule has 6 heteroatoms. The molecule has 2 heterocycles. The van der Waals surface area contributed by atoms with Crippen LogP contribution in [0.2, 0.25) is 0 Å². The van der Waals surface area contributed by atoms with Crippen LogP contribution in [0.4, 0.5) is 5.69 Å². The standard InChI is InChI=1S/C30H26N2O3S/c1-18(2)20-14-16-23(17-15-20)32-25(21-10-6-4-7-11-21)24(27(34)30(32)35)26(33)28-19(3)31-29(36-28)22-12-8-5-9-13-22/h4-18,25,34H,1-3H3. The fourth-order valence-electron chi connectivity index (χ4n) is 4.51. The number of rotatable bonds is 6. The molecular weight excluding hydrogens is 468 g/mol. The number of carbonyl (C=O) groups is 2. The van der Waals surface area contributed by atoms with Crippen LogP contribution in [0.1, 0.15) is 52.3 Å². The van der Waals surface area contributed by atoms with Crippen LogP contribution >= 0.6 is 11.3 Å². The number of hydrogen-bond donors (Lipinski definition) is 1. The molecule has 1 aliphatic heterocycles. The first kappa shape index (κ1) is 23.7. The van der Waals surface area contributed by atoms with E-state index in [1.54, 1.807) is 6.92 Å². The van der Waals surface area contributed by atoms with E-state index in [9.17, 15) is 14.7 Å². The smallest absolute Gasteiger partial charge is 0.294 e. The normalized spacial score (nSPS) is 15.7. The first-order valence-electron chi connectivity index (χ1n) is 11.9. The SMILES string of the molecule is Cc1nc(-c2ccccc2)sc1C(=O)C1=C(O)C(=O)N(c2ccc(C(C)C)cc2)C1c1ccccc1. The lowest BCUT2D eigenvalue weighted by atomic mass is 9.94. The molecule has 0 spiro atoms. The number of hydrogen-bond acceptors (Lipinski definition) is 5. The number of nitrogens with zero attached hydrogens (tertiary/aromatic N) is 2. The molecule has 1 atom stereocenters. The number of aryl methyl sites for hydroxylation is 1. The molecule has 1 unspecified atom stereocenters. The predicted octanol–water partition coefficient (Wildman–Crippen LogP) is 7.02. The molecule has 0 aliphatic carbocycles. The van der Waals surface area contributed by atoms with Crippen LogP contribution in [0.15, 0.2) is 96.3 Å². The van der Waals surface area contributed by atoms with Crippen molar-refractivity contribution >= 4 is 28.7 Å². The van der Waals surface area contributed by atoms with Crippen molar-refractivity contribution in [3.05, 3.63) is 118 Å². The Hall–Kier alpha value is -4.03. The van der Waals surface area contributed by atoms with Gasteiger partial charge in [-0.05, 0) is 36.1 Å². The molecule has 1 N–H and O–H groups in total. The maximum Gasteiger partial charge on any atom is 0.294 e. The van der Waals surface area contributed by atoms with E-state index in [0.717, 1.165) is 21.7 Å². The Morgan fingerprint density at radius 2 is 1.56 bits per heavy atom. The third kappa shape index (κ3) is 4.14. The van der Waals surface area contributed by atoms with E-state index >= 15 is 0 Å². The van der Waals surface area contributed by atoms with Crippen molar-refractivity contribution in [2.75, 3.05) is 4.90 Å². The number of thiazole rings is 1. The maximum absolute atomic E-state index is 13.9. The molecule has 0 saturated heterocycles. The summed E-state index contributed by atoms with van der Waals surface area (Å²) in [5, 5.41) is 11.8. The summed E-state index contributed by atoms with van der Waals surface area (Å²) in [5.41, 5.74) is 4.07. The first-order valence-corrected chi connectivity index (χ1v) is 12.7. The highest BCUT2D eigenvalue weighted by Gasteiger charge is 2.45. The van der Waals surface area contributed by atoms with Gasteiger partial charge in [0.25, 0.3) is 5.91 Å². The van der Waals surface area contributed by atoms with E-state index in [4.69, 9.17) is 0 Å². The van der Waals surface area contributed by atoms with Crippen LogP contribution in [0.5, 0.6) is 0 Å². The second-order valence-corrected chi connectivity index (χ2v) is 10.1. The Kier molecular flexibility index (Phi) is 6.29. The number of benzene rings is 3. The van der Waals surface area contributed by atoms with E-state index in [0.29, 0.717) is 22.2 Å². The fraction of sp³-hybridized carbons (Fsp3) is 0.167. The molecule has 0 saturated carbocycles. The zero-order chi connectivity index (χ0) is 25.4. The third-order valence-corrected chi connectivity index (χ3v) is 7.63. The molecular formula is C30H26N2O3S. The molecule has 4 aromatic rings. The number of Topliss-reactive ketones (excluding diaryl/α,β-unsaturated/α-hetero) is 1. The molecule has 1 aromatic heterocycles. The number of carbonyl (C=O) groups excluding carboxylic acids is 2. The van der Waals surface area contributed by atoms with Gasteiger partial charge in [0.15, 0.2) is 5.76 Å². The van der Waals surface area contributed by atoms with Crippen LogP contribution in [0.3, 0.4) is 0 Å². The van der Waals surface area contributed by atoms with Crippen LogP contribution < -0.4 is 4.90 Å². The van der Waals surface area contributed by atoms with Gasteiger partial charge >= 0.3 is 0 Å². The molecule has 180 valence electrons. The van der Waals surface area contributed by atoms with E-state index in [-0.39, 0.29) is 11.4 Å². The van der Waals surface area contributed by atoms with Gasteiger partial charge in [0.1, 0.15) is 5.01 Å². The second-order valence-electron chi connectivity index (χ2n) is 9.13. The minimum absolute atomic E-state index is 0.0745. The van der Waals surface area contributed by atoms with E-state index in [2.05, 4.69) is 18.8 Å². The molecule has 0 radical (unpaired) electrons. The van der Waals surface area contributed by atoms with Crippen molar-refractivity contribution in [1.29, 1.82) is 0 Å². The number of amides is 1. The molecule has 1 aliphatic rings. The molecule has 3 aromatic carbocycles. The van der Waals surface area contributed by atoms with Crippen LogP contribution in [-0.4, -0.2) is 21.8 Å². The zero-order valence-corrected chi connectivity index (χ0v) is 21.1. The summed E-state index contributed by atoms with van der Waals surface area (Å²) in [6.07, 6.45) is 0. The van der Waals surface area contributed by atoms with Crippen molar-refractivity contribution in [1.82, 2.24) is 4.98 Å². The average Bonchev–Trinajstić information content (AvgIpc) is 3.42. The van der Waals surface area contributed by atoms with Crippen molar-refractivity contribution in [3.63, 3.8) is 0 Å². The Bertz CT molecular complexity index is 1460. The van der Waals surface area contributed by atoms with Crippen LogP contribution in [-0.2, 0) is 4.79 Å². The topological polar surface area (TPSA) is 70.5 Å². The van der Waals surface area contributed by atoms with Gasteiger partial charge in [-0.3, -0.25) is 14.5 Å². The Labute approximate surface area is 214 Å². The van der Waals surface area contributed by atoms with Gasteiger partial charge in [-0.2, -0.15) is 0 Å². The van der Waals surface area contributed by atoms with Gasteiger partial charge in [-0.1, -0.05) is 86.6 Å². The molecule has 0 bridgehead atoms. The fourth-order valence-corrected chi connectivity index (χ4v) is 5.53. The van der Waals surface area contributed by atoms with Crippen LogP contribution in [0.25, 0.3) is 10.6 Å². The lowest BCUT2D eigenvalue weighted by Gasteiger charge is -2.27. The number of anilines is 1. The van der Waals surface area contributed by atoms with E-state index in [1.807, 2.05) is 84.9 Å². The van der Waals surface area contributed by atoms with Crippen molar-refractivity contribution < 1.29 is 14.7 Å². The average molecular weight is 495 g/mol. The van der Waals surface area contributed by atoms with Gasteiger partial charge in [0.05, 0.1) is 22.2 Å². The molecule has 1 amide bonds. The molecule has 5 rings (SSSR count). The highest BCUT2D eigenvalue weighted by Crippen LogP contribution is 2.43. The highest BCUT2D eigenvalue weighted by atomic mass is 32.1. The predicted molar refractivity (Wildman–Crippen MR) is 143 cm³/mol. The monoisotopic (exact) mass is 494 g/mol. The minimum Gasteiger partial charge on any atom is -0.503 e. The molecule has 5 nitrogen and oxygen atoms in total. The van der Waals surface area contributed by atoms with Crippen molar-refractivity contribution in [2.45, 2.75) is 32.7 Å². The minimum atomic E-state index is -0.752. The molecule has 36 heavy (non-hydrogen) atoms. The van der Waals surface area contributed by atoms with Crippen molar-refractivity contribution in [3.8, 4) is 10.6 Å². The Balaban J connectivity index is 1.60. The zero-order valence-electron chi connectivity index (χ0n) is 20.3. The lowest BCUT2D eigenvalue weighted by Crippen LogP contribution is -2.31. The van der Waals surface area contributed by atoms with E-state index < -0.39 is 17.7 Å². The van der Waals surface area contributed by atoms with Gasteiger partial charge in [-0.15, -0.1) is 11.3 Å². The number of aromatic nitrogens is 1. The van der Waals surface area contributed by atoms with Gasteiger partial charge < -0.3 is 5.11 Å². The lowest BCUT2D eigenvalue weighted by molar-refractivity contribution is -0.117. The highest BCUT2D eigenvalue weighted by molar-refractivity contribution is 7.17. The number of aliphatic hydroxyl groups excluding tert-OH is 1. The summed E-state index contributed by atoms with van der Waals surface area (Å²) < 4.78 is 0. The number of aliphatic hydroxyl groups is 1. The van der Waals surface area contributed by atoms with Gasteiger partial charge in [0.2, 0.25) is 5.78 Å². The summed E-state index contributed by atoms with van der Waals surface area (Å²) in [7, 11) is 0. The van der Waals surface area contributed by atoms with Crippen molar-refractivity contribution in [2.24, 2.45) is 0 Å². The molecule has 0 fully saturated rings. The Morgan fingerprint density at radius 1 is 0.944 bits per heavy atom. The number of ketones is 1. The summed E-state index contributed by atoms with van der Waals surface area (Å²) in [6, 6.07) is 25.9. The van der Waals surface area contributed by atoms with Gasteiger partial charge in [-0.25, -0.2) is 4.98 Å². The van der Waals surface area contributed by atoms with Crippen LogP contribution in [0, 0.1) is 6.92 Å².